The Morgan fingerprint density at radius 1 is 1.04 bits per heavy atom. The molecule has 3 aliphatic rings. The lowest BCUT2D eigenvalue weighted by Crippen LogP contribution is -2.29. The van der Waals surface area contributed by atoms with E-state index in [0.717, 1.165) is 31.1 Å². The Bertz CT molecular complexity index is 667. The number of benzene rings is 1. The molecule has 146 valence electrons. The minimum atomic E-state index is -0.276. The Hall–Kier alpha value is -2.04. The van der Waals surface area contributed by atoms with Crippen molar-refractivity contribution in [3.63, 3.8) is 0 Å². The summed E-state index contributed by atoms with van der Waals surface area (Å²) in [6, 6.07) is 7.92. The summed E-state index contributed by atoms with van der Waals surface area (Å²) in [7, 11) is 0. The molecule has 1 saturated heterocycles. The molecule has 1 aliphatic heterocycles. The molecule has 1 aromatic carbocycles. The Balaban J connectivity index is 1.19. The van der Waals surface area contributed by atoms with Gasteiger partial charge in [-0.15, -0.1) is 0 Å². The lowest BCUT2D eigenvalue weighted by molar-refractivity contribution is -0.148. The van der Waals surface area contributed by atoms with Crippen molar-refractivity contribution < 1.29 is 14.3 Å². The van der Waals surface area contributed by atoms with Gasteiger partial charge in [-0.2, -0.15) is 0 Å². The zero-order valence-electron chi connectivity index (χ0n) is 16.0. The number of esters is 1. The van der Waals surface area contributed by atoms with E-state index in [0.29, 0.717) is 18.3 Å². The van der Waals surface area contributed by atoms with Crippen molar-refractivity contribution in [2.45, 2.75) is 51.4 Å². The summed E-state index contributed by atoms with van der Waals surface area (Å²) in [5.41, 5.74) is 1.94. The molecule has 5 nitrogen and oxygen atoms in total. The summed E-state index contributed by atoms with van der Waals surface area (Å²) in [6.07, 6.45) is 9.30. The zero-order chi connectivity index (χ0) is 18.6. The van der Waals surface area contributed by atoms with Crippen molar-refractivity contribution in [1.29, 1.82) is 0 Å². The highest BCUT2D eigenvalue weighted by Gasteiger charge is 2.40. The van der Waals surface area contributed by atoms with Gasteiger partial charge >= 0.3 is 5.97 Å². The van der Waals surface area contributed by atoms with E-state index in [4.69, 9.17) is 4.74 Å². The third kappa shape index (κ3) is 4.63. The Kier molecular flexibility index (Phi) is 5.65. The van der Waals surface area contributed by atoms with E-state index in [1.54, 1.807) is 0 Å². The Labute approximate surface area is 161 Å². The van der Waals surface area contributed by atoms with Crippen LogP contribution in [0.4, 0.5) is 11.4 Å². The summed E-state index contributed by atoms with van der Waals surface area (Å²) >= 11 is 0. The molecule has 1 N–H and O–H groups in total. The second-order valence-corrected chi connectivity index (χ2v) is 8.44. The predicted octanol–water partition coefficient (Wildman–Crippen LogP) is 3.98. The van der Waals surface area contributed by atoms with Crippen LogP contribution in [0.1, 0.15) is 51.4 Å². The average Bonchev–Trinajstić information content (AvgIpc) is 3.31. The van der Waals surface area contributed by atoms with Gasteiger partial charge in [0.15, 0.2) is 6.61 Å². The number of fused-ring (bicyclic) bond motifs is 2. The smallest absolute Gasteiger partial charge is 0.306 e. The van der Waals surface area contributed by atoms with Gasteiger partial charge in [0.25, 0.3) is 5.91 Å². The SMILES string of the molecule is O=C(COC(=O)C[C@@H]1C[C@@H]2CC[C@@H]1C2)Nc1ccc(N2CCCCC2)cc1. The highest BCUT2D eigenvalue weighted by Crippen LogP contribution is 2.49. The number of nitrogens with one attached hydrogen (secondary N) is 1. The number of hydrogen-bond acceptors (Lipinski definition) is 4. The van der Waals surface area contributed by atoms with Gasteiger partial charge < -0.3 is 15.0 Å². The molecule has 1 amide bonds. The fraction of sp³-hybridized carbons (Fsp3) is 0.636. The normalized spacial score (nSPS) is 26.8. The maximum atomic E-state index is 12.1. The third-order valence-electron chi connectivity index (χ3n) is 6.55. The van der Waals surface area contributed by atoms with Gasteiger partial charge in [-0.1, -0.05) is 6.42 Å². The molecular weight excluding hydrogens is 340 g/mol. The first kappa shape index (κ1) is 18.3. The molecule has 0 unspecified atom stereocenters. The van der Waals surface area contributed by atoms with Gasteiger partial charge in [-0.05, 0) is 80.5 Å². The quantitative estimate of drug-likeness (QED) is 0.770. The van der Waals surface area contributed by atoms with Crippen LogP contribution in [-0.2, 0) is 14.3 Å². The second kappa shape index (κ2) is 8.32. The number of hydrogen-bond donors (Lipinski definition) is 1. The van der Waals surface area contributed by atoms with Crippen molar-refractivity contribution in [3.8, 4) is 0 Å². The summed E-state index contributed by atoms with van der Waals surface area (Å²) in [6.45, 7) is 2.00. The number of carbonyl (C=O) groups is 2. The Morgan fingerprint density at radius 3 is 2.48 bits per heavy atom. The summed E-state index contributed by atoms with van der Waals surface area (Å²) in [4.78, 5) is 26.5. The fourth-order valence-corrected chi connectivity index (χ4v) is 5.15. The number of amides is 1. The summed E-state index contributed by atoms with van der Waals surface area (Å²) in [5.74, 6) is 1.49. The van der Waals surface area contributed by atoms with Gasteiger partial charge in [0.2, 0.25) is 0 Å². The van der Waals surface area contributed by atoms with Crippen molar-refractivity contribution in [2.24, 2.45) is 17.8 Å². The third-order valence-corrected chi connectivity index (χ3v) is 6.55. The number of carbonyl (C=O) groups excluding carboxylic acids is 2. The molecule has 2 bridgehead atoms. The first-order valence-corrected chi connectivity index (χ1v) is 10.5. The number of piperidine rings is 1. The van der Waals surface area contributed by atoms with Gasteiger partial charge in [-0.3, -0.25) is 9.59 Å². The van der Waals surface area contributed by atoms with Crippen LogP contribution in [0, 0.1) is 17.8 Å². The molecule has 3 atom stereocenters. The van der Waals surface area contributed by atoms with Crippen molar-refractivity contribution in [3.05, 3.63) is 24.3 Å². The largest absolute Gasteiger partial charge is 0.456 e. The highest BCUT2D eigenvalue weighted by molar-refractivity contribution is 5.92. The lowest BCUT2D eigenvalue weighted by Gasteiger charge is -2.28. The zero-order valence-corrected chi connectivity index (χ0v) is 16.0. The Morgan fingerprint density at radius 2 is 1.81 bits per heavy atom. The van der Waals surface area contributed by atoms with Crippen molar-refractivity contribution in [2.75, 3.05) is 29.9 Å². The predicted molar refractivity (Wildman–Crippen MR) is 106 cm³/mol. The molecule has 0 spiro atoms. The van der Waals surface area contributed by atoms with Gasteiger partial charge in [0.1, 0.15) is 0 Å². The highest BCUT2D eigenvalue weighted by atomic mass is 16.5. The minimum absolute atomic E-state index is 0.201. The van der Waals surface area contributed by atoms with Crippen LogP contribution in [0.5, 0.6) is 0 Å². The maximum Gasteiger partial charge on any atom is 0.306 e. The van der Waals surface area contributed by atoms with Crippen LogP contribution in [-0.4, -0.2) is 31.6 Å². The number of ether oxygens (including phenoxy) is 1. The molecule has 27 heavy (non-hydrogen) atoms. The summed E-state index contributed by atoms with van der Waals surface area (Å²) in [5, 5.41) is 2.81. The van der Waals surface area contributed by atoms with Crippen molar-refractivity contribution in [1.82, 2.24) is 0 Å². The van der Waals surface area contributed by atoms with E-state index >= 15 is 0 Å². The van der Waals surface area contributed by atoms with Gasteiger partial charge in [0.05, 0.1) is 0 Å². The van der Waals surface area contributed by atoms with Crippen LogP contribution in [0.15, 0.2) is 24.3 Å². The molecule has 1 aromatic rings. The van der Waals surface area contributed by atoms with Crippen LogP contribution in [0.25, 0.3) is 0 Å². The molecule has 5 heteroatoms. The van der Waals surface area contributed by atoms with Crippen molar-refractivity contribution >= 4 is 23.3 Å². The van der Waals surface area contributed by atoms with Crippen LogP contribution in [0.2, 0.25) is 0 Å². The van der Waals surface area contributed by atoms with Gasteiger partial charge in [0, 0.05) is 30.9 Å². The lowest BCUT2D eigenvalue weighted by atomic mass is 9.86. The average molecular weight is 370 g/mol. The van der Waals surface area contributed by atoms with Gasteiger partial charge in [-0.25, -0.2) is 0 Å². The van der Waals surface area contributed by atoms with E-state index in [-0.39, 0.29) is 18.5 Å². The molecule has 2 aliphatic carbocycles. The van der Waals surface area contributed by atoms with Crippen LogP contribution < -0.4 is 10.2 Å². The number of nitrogens with zero attached hydrogens (tertiary/aromatic N) is 1. The molecule has 0 aromatic heterocycles. The van der Waals surface area contributed by atoms with Crippen LogP contribution in [0.3, 0.4) is 0 Å². The molecule has 1 heterocycles. The second-order valence-electron chi connectivity index (χ2n) is 8.44. The van der Waals surface area contributed by atoms with E-state index in [1.165, 1.54) is 44.2 Å². The molecule has 4 rings (SSSR count). The first-order valence-electron chi connectivity index (χ1n) is 10.5. The number of rotatable bonds is 6. The molecule has 2 saturated carbocycles. The fourth-order valence-electron chi connectivity index (χ4n) is 5.15. The number of anilines is 2. The molecule has 0 radical (unpaired) electrons. The van der Waals surface area contributed by atoms with E-state index in [1.807, 2.05) is 24.3 Å². The van der Waals surface area contributed by atoms with E-state index in [2.05, 4.69) is 10.2 Å². The summed E-state index contributed by atoms with van der Waals surface area (Å²) < 4.78 is 5.21. The minimum Gasteiger partial charge on any atom is -0.456 e. The topological polar surface area (TPSA) is 58.6 Å². The van der Waals surface area contributed by atoms with E-state index in [9.17, 15) is 9.59 Å². The monoisotopic (exact) mass is 370 g/mol. The maximum absolute atomic E-state index is 12.1. The van der Waals surface area contributed by atoms with Crippen LogP contribution >= 0.6 is 0 Å². The molecule has 3 fully saturated rings. The standard InChI is InChI=1S/C22H30N2O3/c25-21(15-27-22(26)14-18-13-16-4-5-17(18)12-16)23-19-6-8-20(9-7-19)24-10-2-1-3-11-24/h6-9,16-18H,1-5,10-15H2,(H,23,25)/t16-,17-,18+/m1/s1. The molecular formula is C22H30N2O3. The van der Waals surface area contributed by atoms with E-state index < -0.39 is 0 Å². The first-order chi connectivity index (χ1) is 13.2.